The van der Waals surface area contributed by atoms with Crippen LogP contribution in [0.4, 0.5) is 0 Å². The van der Waals surface area contributed by atoms with Crippen molar-refractivity contribution >= 4 is 40.9 Å². The molecule has 86 valence electrons. The maximum absolute atomic E-state index is 11.4. The van der Waals surface area contributed by atoms with Crippen LogP contribution in [0.2, 0.25) is 0 Å². The van der Waals surface area contributed by atoms with Crippen LogP contribution >= 0.6 is 35.0 Å². The Labute approximate surface area is 109 Å². The number of amides is 1. The molecule has 15 heavy (non-hydrogen) atoms. The minimum Gasteiger partial charge on any atom is -0.356 e. The second kappa shape index (κ2) is 7.95. The lowest BCUT2D eigenvalue weighted by atomic mass is 10.3. The third kappa shape index (κ3) is 5.39. The molecule has 0 radical (unpaired) electrons. The maximum Gasteiger partial charge on any atom is 0.267 e. The number of halogens is 2. The number of rotatable bonds is 5. The van der Waals surface area contributed by atoms with Crippen LogP contribution in [0.15, 0.2) is 12.3 Å². The highest BCUT2D eigenvalue weighted by Crippen LogP contribution is 2.05. The highest BCUT2D eigenvalue weighted by Gasteiger charge is 2.05. The maximum atomic E-state index is 11.4. The van der Waals surface area contributed by atoms with E-state index in [-0.39, 0.29) is 18.3 Å². The molecule has 0 aliphatic carbocycles. The first-order valence-electron chi connectivity index (χ1n) is 4.56. The Morgan fingerprint density at radius 2 is 2.27 bits per heavy atom. The second-order valence-electron chi connectivity index (χ2n) is 2.98. The summed E-state index contributed by atoms with van der Waals surface area (Å²) in [7, 11) is 0. The summed E-state index contributed by atoms with van der Waals surface area (Å²) >= 11 is 2.16. The number of carbonyl (C=O) groups excluding carboxylic acids is 1. The molecule has 0 saturated carbocycles. The fourth-order valence-electron chi connectivity index (χ4n) is 1.07. The van der Waals surface area contributed by atoms with Crippen molar-refractivity contribution in [3.8, 4) is 0 Å². The van der Waals surface area contributed by atoms with Crippen LogP contribution in [0.25, 0.3) is 0 Å². The van der Waals surface area contributed by atoms with Gasteiger partial charge in [0.1, 0.15) is 5.69 Å². The fraction of sp³-hybridized carbons (Fsp3) is 0.444. The van der Waals surface area contributed by atoms with Gasteiger partial charge >= 0.3 is 0 Å². The third-order valence-electron chi connectivity index (χ3n) is 1.81. The Morgan fingerprint density at radius 1 is 1.53 bits per heavy atom. The van der Waals surface area contributed by atoms with E-state index < -0.39 is 0 Å². The van der Waals surface area contributed by atoms with E-state index in [0.29, 0.717) is 18.8 Å². The molecule has 4 nitrogen and oxygen atoms in total. The Morgan fingerprint density at radius 3 is 2.80 bits per heavy atom. The number of hydrogen-bond donors (Lipinski definition) is 3. The monoisotopic (exact) mass is 343 g/mol. The first-order valence-corrected chi connectivity index (χ1v) is 5.64. The molecular formula is C9H15ClIN3O. The molecule has 1 heterocycles. The lowest BCUT2D eigenvalue weighted by Crippen LogP contribution is -2.25. The van der Waals surface area contributed by atoms with E-state index in [1.54, 1.807) is 6.20 Å². The summed E-state index contributed by atoms with van der Waals surface area (Å²) in [5.41, 5.74) is 5.95. The summed E-state index contributed by atoms with van der Waals surface area (Å²) in [5.74, 6) is -0.0510. The summed E-state index contributed by atoms with van der Waals surface area (Å²) in [6.45, 7) is 1.36. The van der Waals surface area contributed by atoms with Crippen LogP contribution in [0.1, 0.15) is 23.3 Å². The molecule has 0 saturated heterocycles. The molecule has 4 N–H and O–H groups in total. The first-order chi connectivity index (χ1) is 6.74. The van der Waals surface area contributed by atoms with Crippen LogP contribution in [0.5, 0.6) is 0 Å². The summed E-state index contributed by atoms with van der Waals surface area (Å²) in [5, 5.41) is 2.82. The van der Waals surface area contributed by atoms with Gasteiger partial charge in [-0.1, -0.05) is 0 Å². The van der Waals surface area contributed by atoms with Crippen molar-refractivity contribution in [1.29, 1.82) is 0 Å². The molecule has 0 atom stereocenters. The van der Waals surface area contributed by atoms with Gasteiger partial charge in [0.25, 0.3) is 5.91 Å². The van der Waals surface area contributed by atoms with Gasteiger partial charge in [-0.25, -0.2) is 0 Å². The van der Waals surface area contributed by atoms with Gasteiger partial charge in [-0.15, -0.1) is 12.4 Å². The summed E-state index contributed by atoms with van der Waals surface area (Å²) < 4.78 is 1.04. The van der Waals surface area contributed by atoms with Gasteiger partial charge in [0, 0.05) is 16.3 Å². The molecule has 0 spiro atoms. The van der Waals surface area contributed by atoms with Gasteiger partial charge in [-0.05, 0) is 48.0 Å². The molecule has 0 bridgehead atoms. The normalized spacial score (nSPS) is 9.47. The summed E-state index contributed by atoms with van der Waals surface area (Å²) in [6, 6.07) is 1.82. The zero-order valence-electron chi connectivity index (χ0n) is 8.25. The van der Waals surface area contributed by atoms with Crippen molar-refractivity contribution in [1.82, 2.24) is 10.3 Å². The fourth-order valence-corrected chi connectivity index (χ4v) is 1.53. The Balaban J connectivity index is 0.00000196. The highest BCUT2D eigenvalue weighted by atomic mass is 127. The molecule has 0 aliphatic rings. The van der Waals surface area contributed by atoms with Crippen LogP contribution in [-0.4, -0.2) is 24.0 Å². The SMILES string of the molecule is Cl.NCCCCNC(=O)c1cc(I)c[nH]1. The summed E-state index contributed by atoms with van der Waals surface area (Å²) in [6.07, 6.45) is 3.68. The van der Waals surface area contributed by atoms with E-state index in [4.69, 9.17) is 5.73 Å². The average Bonchev–Trinajstić information content (AvgIpc) is 2.59. The highest BCUT2D eigenvalue weighted by molar-refractivity contribution is 14.1. The predicted molar refractivity (Wildman–Crippen MR) is 71.4 cm³/mol. The largest absolute Gasteiger partial charge is 0.356 e. The number of hydrogen-bond acceptors (Lipinski definition) is 2. The van der Waals surface area contributed by atoms with E-state index >= 15 is 0 Å². The molecule has 1 aromatic heterocycles. The van der Waals surface area contributed by atoms with Gasteiger partial charge in [0.05, 0.1) is 0 Å². The first kappa shape index (κ1) is 14.7. The number of nitrogens with two attached hydrogens (primary N) is 1. The minimum absolute atomic E-state index is 0. The average molecular weight is 344 g/mol. The van der Waals surface area contributed by atoms with Gasteiger partial charge in [-0.3, -0.25) is 4.79 Å². The van der Waals surface area contributed by atoms with Gasteiger partial charge in [0.2, 0.25) is 0 Å². The van der Waals surface area contributed by atoms with Crippen LogP contribution in [0.3, 0.4) is 0 Å². The zero-order valence-corrected chi connectivity index (χ0v) is 11.2. The number of H-pyrrole nitrogens is 1. The zero-order chi connectivity index (χ0) is 10.4. The van der Waals surface area contributed by atoms with Crippen molar-refractivity contribution in [2.75, 3.05) is 13.1 Å². The molecule has 1 amide bonds. The summed E-state index contributed by atoms with van der Waals surface area (Å²) in [4.78, 5) is 14.3. The predicted octanol–water partition coefficient (Wildman–Crippen LogP) is 1.51. The van der Waals surface area contributed by atoms with Gasteiger partial charge in [0.15, 0.2) is 0 Å². The van der Waals surface area contributed by atoms with Crippen LogP contribution in [-0.2, 0) is 0 Å². The van der Waals surface area contributed by atoms with E-state index in [0.717, 1.165) is 16.4 Å². The van der Waals surface area contributed by atoms with Crippen LogP contribution < -0.4 is 11.1 Å². The quantitative estimate of drug-likeness (QED) is 0.560. The molecular weight excluding hydrogens is 328 g/mol. The van der Waals surface area contributed by atoms with Gasteiger partial charge in [-0.2, -0.15) is 0 Å². The molecule has 0 aromatic carbocycles. The Bertz CT molecular complexity index is 303. The van der Waals surface area contributed by atoms with Crippen molar-refractivity contribution in [3.63, 3.8) is 0 Å². The smallest absolute Gasteiger partial charge is 0.267 e. The number of aromatic nitrogens is 1. The van der Waals surface area contributed by atoms with E-state index in [2.05, 4.69) is 32.9 Å². The van der Waals surface area contributed by atoms with Crippen molar-refractivity contribution < 1.29 is 4.79 Å². The standard InChI is InChI=1S/C9H14IN3O.ClH/c10-7-5-8(13-6-7)9(14)12-4-2-1-3-11;/h5-6,13H,1-4,11H2,(H,12,14);1H. The van der Waals surface area contributed by atoms with Gasteiger partial charge < -0.3 is 16.0 Å². The minimum atomic E-state index is -0.0510. The van der Waals surface area contributed by atoms with E-state index in [1.807, 2.05) is 6.07 Å². The molecule has 1 rings (SSSR count). The van der Waals surface area contributed by atoms with E-state index in [1.165, 1.54) is 0 Å². The second-order valence-corrected chi connectivity index (χ2v) is 4.23. The molecule has 0 fully saturated rings. The molecule has 0 aliphatic heterocycles. The number of aromatic amines is 1. The molecule has 0 unspecified atom stereocenters. The Kier molecular flexibility index (Phi) is 7.81. The number of unbranched alkanes of at least 4 members (excludes halogenated alkanes) is 1. The molecule has 1 aromatic rings. The Hall–Kier alpha value is -0.270. The van der Waals surface area contributed by atoms with Crippen molar-refractivity contribution in [2.24, 2.45) is 5.73 Å². The van der Waals surface area contributed by atoms with Crippen molar-refractivity contribution in [3.05, 3.63) is 21.5 Å². The van der Waals surface area contributed by atoms with E-state index in [9.17, 15) is 4.79 Å². The number of carbonyl (C=O) groups is 1. The van der Waals surface area contributed by atoms with Crippen molar-refractivity contribution in [2.45, 2.75) is 12.8 Å². The number of nitrogens with one attached hydrogen (secondary N) is 2. The lowest BCUT2D eigenvalue weighted by Gasteiger charge is -2.01. The third-order valence-corrected chi connectivity index (χ3v) is 2.43. The van der Waals surface area contributed by atoms with Crippen LogP contribution in [0, 0.1) is 3.57 Å². The molecule has 6 heteroatoms. The lowest BCUT2D eigenvalue weighted by molar-refractivity contribution is 0.0948. The topological polar surface area (TPSA) is 70.9 Å².